The molecule has 0 unspecified atom stereocenters. The lowest BCUT2D eigenvalue weighted by molar-refractivity contribution is -0.143. The maximum Gasteiger partial charge on any atom is 0.433 e. The van der Waals surface area contributed by atoms with Crippen LogP contribution in [0, 0.1) is 11.3 Å². The molecule has 0 bridgehead atoms. The van der Waals surface area contributed by atoms with Gasteiger partial charge in [0.1, 0.15) is 5.69 Å². The van der Waals surface area contributed by atoms with Crippen LogP contribution < -0.4 is 14.5 Å². The molecule has 1 aliphatic heterocycles. The van der Waals surface area contributed by atoms with E-state index in [0.29, 0.717) is 24.6 Å². The van der Waals surface area contributed by atoms with Gasteiger partial charge in [-0.15, -0.1) is 0 Å². The van der Waals surface area contributed by atoms with E-state index in [4.69, 9.17) is 19.8 Å². The van der Waals surface area contributed by atoms with Gasteiger partial charge in [-0.3, -0.25) is 9.69 Å². The minimum atomic E-state index is -5.20. The number of hydrogen-bond donors (Lipinski definition) is 1. The van der Waals surface area contributed by atoms with Crippen molar-refractivity contribution in [2.24, 2.45) is 0 Å². The lowest BCUT2D eigenvalue weighted by atomic mass is 9.91. The largest absolute Gasteiger partial charge is 0.490 e. The van der Waals surface area contributed by atoms with Crippen LogP contribution in [0.4, 0.5) is 55.9 Å². The summed E-state index contributed by atoms with van der Waals surface area (Å²) in [5.41, 5.74) is -5.78. The van der Waals surface area contributed by atoms with Crippen LogP contribution in [0.25, 0.3) is 0 Å². The van der Waals surface area contributed by atoms with Gasteiger partial charge in [-0.25, -0.2) is 19.7 Å². The number of halogens is 9. The third-order valence-electron chi connectivity index (χ3n) is 8.26. The molecule has 54 heavy (non-hydrogen) atoms. The lowest BCUT2D eigenvalue weighted by Gasteiger charge is -2.43. The Morgan fingerprint density at radius 2 is 1.59 bits per heavy atom. The smallest absolute Gasteiger partial charge is 0.433 e. The van der Waals surface area contributed by atoms with Crippen molar-refractivity contribution in [2.45, 2.75) is 89.0 Å². The average molecular weight is 777 g/mol. The monoisotopic (exact) mass is 776 g/mol. The van der Waals surface area contributed by atoms with Crippen LogP contribution in [0.5, 0.6) is 5.75 Å². The zero-order chi connectivity index (χ0) is 39.8. The van der Waals surface area contributed by atoms with Crippen molar-refractivity contribution >= 4 is 23.7 Å². The number of aromatic nitrogens is 3. The standard InChI is InChI=1S/C34H33F9N6O5/c1-2-23-16-26(29-25(8-9-27(47-29)34(41,42)43)49(23)31(52)54-12-5-3-7-28(50)51)48(30-45-17-24(18-46-30)53-11-6-4-10-44)19-20-13-21(32(35,36)37)15-22(14-20)33(38,39)40/h8-9,13-15,17-18,23,26H,2-7,11-12,16,19H2,1H3,(H,50,51)/t23-,26-/m1/s1. The fourth-order valence-electron chi connectivity index (χ4n) is 5.73. The summed E-state index contributed by atoms with van der Waals surface area (Å²) in [6.45, 7) is 0.697. The summed E-state index contributed by atoms with van der Waals surface area (Å²) in [5.74, 6) is -1.31. The van der Waals surface area contributed by atoms with Crippen LogP contribution in [0.3, 0.4) is 0 Å². The summed E-state index contributed by atoms with van der Waals surface area (Å²) in [5, 5.41) is 17.6. The predicted octanol–water partition coefficient (Wildman–Crippen LogP) is 8.74. The van der Waals surface area contributed by atoms with Gasteiger partial charge in [0.25, 0.3) is 0 Å². The molecule has 3 aromatic rings. The van der Waals surface area contributed by atoms with Gasteiger partial charge in [0, 0.05) is 25.4 Å². The molecule has 4 rings (SSSR count). The molecule has 11 nitrogen and oxygen atoms in total. The van der Waals surface area contributed by atoms with Crippen molar-refractivity contribution in [1.29, 1.82) is 5.26 Å². The first-order valence-electron chi connectivity index (χ1n) is 16.5. The molecule has 0 aliphatic carbocycles. The highest BCUT2D eigenvalue weighted by Crippen LogP contribution is 2.45. The highest BCUT2D eigenvalue weighted by molar-refractivity contribution is 5.90. The van der Waals surface area contributed by atoms with Crippen LogP contribution in [-0.2, 0) is 34.6 Å². The van der Waals surface area contributed by atoms with E-state index in [1.54, 1.807) is 6.92 Å². The predicted molar refractivity (Wildman–Crippen MR) is 171 cm³/mol. The number of carbonyl (C=O) groups excluding carboxylic acids is 1. The number of aliphatic carboxylic acids is 1. The molecule has 3 heterocycles. The molecule has 292 valence electrons. The number of carboxylic acid groups (broad SMARTS) is 1. The first-order valence-corrected chi connectivity index (χ1v) is 16.5. The number of carboxylic acids is 1. The van der Waals surface area contributed by atoms with Crippen molar-refractivity contribution in [3.05, 3.63) is 70.8 Å². The number of nitrogens with zero attached hydrogens (tertiary/aromatic N) is 6. The molecular weight excluding hydrogens is 743 g/mol. The van der Waals surface area contributed by atoms with Gasteiger partial charge in [-0.1, -0.05) is 6.92 Å². The lowest BCUT2D eigenvalue weighted by Crippen LogP contribution is -2.48. The summed E-state index contributed by atoms with van der Waals surface area (Å²) >= 11 is 0. The zero-order valence-electron chi connectivity index (χ0n) is 28.4. The Balaban J connectivity index is 1.85. The number of rotatable bonds is 14. The van der Waals surface area contributed by atoms with Gasteiger partial charge in [0.05, 0.1) is 60.2 Å². The number of alkyl halides is 9. The molecular formula is C34H33F9N6O5. The molecule has 0 spiro atoms. The summed E-state index contributed by atoms with van der Waals surface area (Å²) in [7, 11) is 0. The van der Waals surface area contributed by atoms with Gasteiger partial charge >= 0.3 is 30.6 Å². The number of benzene rings is 1. The number of anilines is 2. The van der Waals surface area contributed by atoms with Gasteiger partial charge in [-0.2, -0.15) is 44.8 Å². The van der Waals surface area contributed by atoms with E-state index < -0.39 is 77.3 Å². The minimum Gasteiger partial charge on any atom is -0.490 e. The van der Waals surface area contributed by atoms with E-state index in [2.05, 4.69) is 15.0 Å². The molecule has 1 N–H and O–H groups in total. The number of nitriles is 1. The molecule has 1 aliphatic rings. The molecule has 0 fully saturated rings. The van der Waals surface area contributed by atoms with Gasteiger partial charge in [0.15, 0.2) is 5.75 Å². The summed E-state index contributed by atoms with van der Waals surface area (Å²) in [6.07, 6.45) is -13.6. The summed E-state index contributed by atoms with van der Waals surface area (Å²) in [6, 6.07) is 2.19. The normalized spacial score (nSPS) is 16.0. The van der Waals surface area contributed by atoms with E-state index in [1.165, 1.54) is 0 Å². The van der Waals surface area contributed by atoms with Gasteiger partial charge in [0.2, 0.25) is 5.95 Å². The second-order valence-corrected chi connectivity index (χ2v) is 12.1. The number of carbonyl (C=O) groups is 2. The zero-order valence-corrected chi connectivity index (χ0v) is 28.4. The Morgan fingerprint density at radius 1 is 0.944 bits per heavy atom. The van der Waals surface area contributed by atoms with E-state index in [-0.39, 0.29) is 75.2 Å². The second kappa shape index (κ2) is 17.2. The topological polar surface area (TPSA) is 142 Å². The third kappa shape index (κ3) is 10.6. The van der Waals surface area contributed by atoms with E-state index in [0.717, 1.165) is 28.3 Å². The maximum atomic E-state index is 14.1. The fraction of sp³-hybridized carbons (Fsp3) is 0.471. The Kier molecular flexibility index (Phi) is 13.2. The van der Waals surface area contributed by atoms with E-state index in [1.807, 2.05) is 6.07 Å². The van der Waals surface area contributed by atoms with Crippen molar-refractivity contribution < 1.29 is 63.7 Å². The van der Waals surface area contributed by atoms with Crippen LogP contribution >= 0.6 is 0 Å². The first kappa shape index (κ1) is 41.4. The first-order chi connectivity index (χ1) is 25.3. The Labute approximate surface area is 302 Å². The number of unbranched alkanes of at least 4 members (excludes halogenated alkanes) is 2. The molecule has 0 saturated heterocycles. The highest BCUT2D eigenvalue weighted by atomic mass is 19.4. The molecule has 2 aromatic heterocycles. The van der Waals surface area contributed by atoms with Crippen LogP contribution in [-0.4, -0.2) is 51.4 Å². The van der Waals surface area contributed by atoms with Gasteiger partial charge in [-0.05, 0) is 68.0 Å². The van der Waals surface area contributed by atoms with Crippen LogP contribution in [0.15, 0.2) is 42.7 Å². The van der Waals surface area contributed by atoms with Crippen molar-refractivity contribution in [2.75, 3.05) is 23.0 Å². The molecule has 1 amide bonds. The molecule has 1 aromatic carbocycles. The average Bonchev–Trinajstić information content (AvgIpc) is 3.10. The van der Waals surface area contributed by atoms with E-state index in [9.17, 15) is 49.1 Å². The third-order valence-corrected chi connectivity index (χ3v) is 8.26. The van der Waals surface area contributed by atoms with Crippen molar-refractivity contribution in [1.82, 2.24) is 15.0 Å². The Bertz CT molecular complexity index is 1780. The highest BCUT2D eigenvalue weighted by Gasteiger charge is 2.44. The second-order valence-electron chi connectivity index (χ2n) is 12.1. The summed E-state index contributed by atoms with van der Waals surface area (Å²) < 4.78 is 136. The maximum absolute atomic E-state index is 14.1. The SMILES string of the molecule is CC[C@@H]1C[C@@H](N(Cc2cc(C(F)(F)F)cc(C(F)(F)F)c2)c2ncc(OCCCC#N)cn2)c2nc(C(F)(F)F)ccc2N1C(=O)OCCCCC(=O)O. The molecule has 20 heteroatoms. The summed E-state index contributed by atoms with van der Waals surface area (Å²) in [4.78, 5) is 38.7. The number of fused-ring (bicyclic) bond motifs is 1. The molecule has 0 saturated carbocycles. The Morgan fingerprint density at radius 3 is 2.15 bits per heavy atom. The van der Waals surface area contributed by atoms with Crippen LogP contribution in [0.1, 0.15) is 86.0 Å². The number of pyridine rings is 1. The molecule has 2 atom stereocenters. The number of ether oxygens (including phenoxy) is 2. The quantitative estimate of drug-likeness (QED) is 0.125. The molecule has 0 radical (unpaired) electrons. The van der Waals surface area contributed by atoms with Crippen molar-refractivity contribution in [3.63, 3.8) is 0 Å². The minimum absolute atomic E-state index is 0.0614. The number of amides is 1. The van der Waals surface area contributed by atoms with Crippen molar-refractivity contribution in [3.8, 4) is 11.8 Å². The van der Waals surface area contributed by atoms with Crippen LogP contribution in [0.2, 0.25) is 0 Å². The van der Waals surface area contributed by atoms with E-state index >= 15 is 0 Å². The Hall–Kier alpha value is -5.35. The number of hydrogen-bond acceptors (Lipinski definition) is 9. The van der Waals surface area contributed by atoms with Gasteiger partial charge < -0.3 is 19.5 Å². The fourth-order valence-corrected chi connectivity index (χ4v) is 5.73.